The molecule has 3 nitrogen and oxygen atoms in total. The zero-order chi connectivity index (χ0) is 19.7. The van der Waals surface area contributed by atoms with Crippen LogP contribution in [0.5, 0.6) is 0 Å². The van der Waals surface area contributed by atoms with E-state index in [-0.39, 0.29) is 11.3 Å². The van der Waals surface area contributed by atoms with Gasteiger partial charge >= 0.3 is 0 Å². The van der Waals surface area contributed by atoms with Gasteiger partial charge in [0, 0.05) is 11.8 Å². The second kappa shape index (κ2) is 7.52. The maximum atomic E-state index is 14.0. The van der Waals surface area contributed by atoms with Gasteiger partial charge in [-0.2, -0.15) is 0 Å². The second-order valence-electron chi connectivity index (χ2n) is 6.05. The first-order chi connectivity index (χ1) is 13.5. The average molecular weight is 398 g/mol. The van der Waals surface area contributed by atoms with E-state index in [1.54, 1.807) is 24.3 Å². The molecule has 0 aliphatic carbocycles. The van der Waals surface area contributed by atoms with Gasteiger partial charge in [0.05, 0.1) is 16.6 Å². The van der Waals surface area contributed by atoms with Crippen molar-refractivity contribution in [3.63, 3.8) is 0 Å². The van der Waals surface area contributed by atoms with Gasteiger partial charge in [0.1, 0.15) is 17.5 Å². The number of para-hydroxylation sites is 1. The molecule has 0 saturated heterocycles. The highest BCUT2D eigenvalue weighted by molar-refractivity contribution is 7.98. The lowest BCUT2D eigenvalue weighted by Gasteiger charge is -2.13. The van der Waals surface area contributed by atoms with Crippen LogP contribution < -0.4 is 5.56 Å². The van der Waals surface area contributed by atoms with Crippen LogP contribution in [0.2, 0.25) is 0 Å². The van der Waals surface area contributed by atoms with Crippen molar-refractivity contribution in [1.82, 2.24) is 9.55 Å². The zero-order valence-electron chi connectivity index (χ0n) is 14.4. The lowest BCUT2D eigenvalue weighted by atomic mass is 10.2. The highest BCUT2D eigenvalue weighted by atomic mass is 32.2. The molecule has 140 valence electrons. The molecule has 0 fully saturated rings. The van der Waals surface area contributed by atoms with Crippen LogP contribution in [-0.2, 0) is 5.75 Å². The van der Waals surface area contributed by atoms with E-state index in [1.165, 1.54) is 41.0 Å². The maximum Gasteiger partial charge on any atom is 0.266 e. The molecule has 0 bridgehead atoms. The second-order valence-corrected chi connectivity index (χ2v) is 7.00. The first-order valence-corrected chi connectivity index (χ1v) is 9.36. The van der Waals surface area contributed by atoms with Crippen molar-refractivity contribution in [2.45, 2.75) is 10.9 Å². The number of aromatic nitrogens is 2. The van der Waals surface area contributed by atoms with Crippen molar-refractivity contribution in [2.24, 2.45) is 0 Å². The Kier molecular flexibility index (Phi) is 4.92. The fraction of sp³-hybridized carbons (Fsp3) is 0.0476. The summed E-state index contributed by atoms with van der Waals surface area (Å²) in [4.78, 5) is 17.6. The molecule has 0 aliphatic rings. The summed E-state index contributed by atoms with van der Waals surface area (Å²) in [5.74, 6) is -1.59. The summed E-state index contributed by atoms with van der Waals surface area (Å²) >= 11 is 1.14. The Labute approximate surface area is 162 Å². The van der Waals surface area contributed by atoms with Crippen LogP contribution in [0.25, 0.3) is 16.6 Å². The Morgan fingerprint density at radius 3 is 2.36 bits per heavy atom. The van der Waals surface area contributed by atoms with Crippen molar-refractivity contribution < 1.29 is 13.2 Å². The Hall–Kier alpha value is -3.06. The molecule has 28 heavy (non-hydrogen) atoms. The minimum Gasteiger partial charge on any atom is -0.268 e. The molecule has 4 rings (SSSR count). The van der Waals surface area contributed by atoms with E-state index in [0.29, 0.717) is 27.3 Å². The molecule has 0 aliphatic heterocycles. The van der Waals surface area contributed by atoms with Crippen molar-refractivity contribution in [1.29, 1.82) is 0 Å². The van der Waals surface area contributed by atoms with Gasteiger partial charge in [0.15, 0.2) is 5.16 Å². The van der Waals surface area contributed by atoms with Crippen LogP contribution in [0.15, 0.2) is 76.7 Å². The van der Waals surface area contributed by atoms with Gasteiger partial charge in [-0.3, -0.25) is 9.36 Å². The van der Waals surface area contributed by atoms with Gasteiger partial charge in [0.2, 0.25) is 0 Å². The maximum absolute atomic E-state index is 14.0. The van der Waals surface area contributed by atoms with E-state index in [9.17, 15) is 18.0 Å². The molecular weight excluding hydrogens is 385 g/mol. The highest BCUT2D eigenvalue weighted by Crippen LogP contribution is 2.26. The summed E-state index contributed by atoms with van der Waals surface area (Å²) in [7, 11) is 0. The predicted octanol–water partition coefficient (Wildman–Crippen LogP) is 5.10. The number of nitrogens with zero attached hydrogens (tertiary/aromatic N) is 2. The quantitative estimate of drug-likeness (QED) is 0.355. The fourth-order valence-corrected chi connectivity index (χ4v) is 3.81. The highest BCUT2D eigenvalue weighted by Gasteiger charge is 2.14. The third-order valence-corrected chi connectivity index (χ3v) is 5.19. The zero-order valence-corrected chi connectivity index (χ0v) is 15.2. The molecule has 0 spiro atoms. The third kappa shape index (κ3) is 3.53. The van der Waals surface area contributed by atoms with E-state index in [2.05, 4.69) is 4.98 Å². The Morgan fingerprint density at radius 2 is 1.61 bits per heavy atom. The fourth-order valence-electron chi connectivity index (χ4n) is 2.81. The Morgan fingerprint density at radius 1 is 0.893 bits per heavy atom. The number of benzene rings is 3. The Balaban J connectivity index is 1.82. The molecule has 0 atom stereocenters. The number of hydrogen-bond donors (Lipinski definition) is 0. The number of thioether (sulfide) groups is 1. The molecule has 0 N–H and O–H groups in total. The van der Waals surface area contributed by atoms with Crippen LogP contribution >= 0.6 is 11.8 Å². The topological polar surface area (TPSA) is 34.9 Å². The Bertz CT molecular complexity index is 1220. The molecule has 4 aromatic rings. The largest absolute Gasteiger partial charge is 0.268 e. The van der Waals surface area contributed by atoms with E-state index in [4.69, 9.17) is 0 Å². The minimum atomic E-state index is -0.663. The number of halogens is 3. The first-order valence-electron chi connectivity index (χ1n) is 8.37. The lowest BCUT2D eigenvalue weighted by Crippen LogP contribution is -2.21. The van der Waals surface area contributed by atoms with Crippen LogP contribution in [0, 0.1) is 17.5 Å². The van der Waals surface area contributed by atoms with E-state index < -0.39 is 17.5 Å². The van der Waals surface area contributed by atoms with E-state index in [1.807, 2.05) is 0 Å². The van der Waals surface area contributed by atoms with Gasteiger partial charge in [-0.1, -0.05) is 30.0 Å². The number of hydrogen-bond acceptors (Lipinski definition) is 3. The number of rotatable bonds is 4. The molecule has 0 radical (unpaired) electrons. The normalized spacial score (nSPS) is 11.1. The van der Waals surface area contributed by atoms with Crippen LogP contribution in [0.3, 0.4) is 0 Å². The molecular formula is C21H13F3N2OS. The molecule has 0 unspecified atom stereocenters. The summed E-state index contributed by atoms with van der Waals surface area (Å²) < 4.78 is 41.8. The van der Waals surface area contributed by atoms with Gasteiger partial charge in [-0.15, -0.1) is 0 Å². The first kappa shape index (κ1) is 18.3. The van der Waals surface area contributed by atoms with E-state index >= 15 is 0 Å². The molecule has 0 amide bonds. The SMILES string of the molecule is O=c1c2ccccc2nc(SCc2ccc(F)cc2F)n1-c1ccc(F)cc1. The summed E-state index contributed by atoms with van der Waals surface area (Å²) in [5.41, 5.74) is 0.943. The summed E-state index contributed by atoms with van der Waals surface area (Å²) in [5, 5.41) is 0.753. The molecule has 1 aromatic heterocycles. The molecule has 1 heterocycles. The van der Waals surface area contributed by atoms with Gasteiger partial charge in [0.25, 0.3) is 5.56 Å². The summed E-state index contributed by atoms with van der Waals surface area (Å²) in [6.45, 7) is 0. The lowest BCUT2D eigenvalue weighted by molar-refractivity contribution is 0.576. The van der Waals surface area contributed by atoms with Crippen molar-refractivity contribution in [3.8, 4) is 5.69 Å². The third-order valence-electron chi connectivity index (χ3n) is 4.20. The van der Waals surface area contributed by atoms with Gasteiger partial charge in [-0.25, -0.2) is 18.2 Å². The standard InChI is InChI=1S/C21H13F3N2OS/c22-14-7-9-16(10-8-14)26-20(27)17-3-1-2-4-19(17)25-21(26)28-12-13-5-6-15(23)11-18(13)24/h1-11H,12H2. The summed E-state index contributed by atoms with van der Waals surface area (Å²) in [6, 6.07) is 15.7. The smallest absolute Gasteiger partial charge is 0.266 e. The van der Waals surface area contributed by atoms with Crippen LogP contribution in [0.4, 0.5) is 13.2 Å². The summed E-state index contributed by atoms with van der Waals surface area (Å²) in [6.07, 6.45) is 0. The number of fused-ring (bicyclic) bond motifs is 1. The van der Waals surface area contributed by atoms with Crippen LogP contribution in [-0.4, -0.2) is 9.55 Å². The van der Waals surface area contributed by atoms with Gasteiger partial charge < -0.3 is 0 Å². The monoisotopic (exact) mass is 398 g/mol. The van der Waals surface area contributed by atoms with Crippen molar-refractivity contribution in [2.75, 3.05) is 0 Å². The average Bonchev–Trinajstić information content (AvgIpc) is 2.68. The van der Waals surface area contributed by atoms with Crippen molar-refractivity contribution in [3.05, 3.63) is 100 Å². The molecule has 7 heteroatoms. The minimum absolute atomic E-state index is 0.151. The van der Waals surface area contributed by atoms with Gasteiger partial charge in [-0.05, 0) is 48.0 Å². The van der Waals surface area contributed by atoms with Crippen molar-refractivity contribution >= 4 is 22.7 Å². The van der Waals surface area contributed by atoms with Crippen LogP contribution in [0.1, 0.15) is 5.56 Å². The molecule has 0 saturated carbocycles. The predicted molar refractivity (Wildman–Crippen MR) is 103 cm³/mol. The van der Waals surface area contributed by atoms with E-state index in [0.717, 1.165) is 17.8 Å². The molecule has 3 aromatic carbocycles.